The first-order valence-corrected chi connectivity index (χ1v) is 7.03. The van der Waals surface area contributed by atoms with Crippen molar-refractivity contribution in [2.75, 3.05) is 45.9 Å². The van der Waals surface area contributed by atoms with Crippen LogP contribution < -0.4 is 5.32 Å². The Hall–Kier alpha value is -0.650. The number of amides is 1. The molecule has 0 aromatic heterocycles. The second-order valence-corrected chi connectivity index (χ2v) is 5.28. The molecule has 5 heteroatoms. The molecule has 2 atom stereocenters. The molecule has 2 aliphatic heterocycles. The molecule has 18 heavy (non-hydrogen) atoms. The minimum Gasteiger partial charge on any atom is -0.377 e. The Labute approximate surface area is 109 Å². The van der Waals surface area contributed by atoms with E-state index in [4.69, 9.17) is 4.74 Å². The molecular formula is C13H25N3O2. The Bertz CT molecular complexity index is 279. The van der Waals surface area contributed by atoms with Gasteiger partial charge in [-0.2, -0.15) is 0 Å². The fourth-order valence-electron chi connectivity index (χ4n) is 2.68. The van der Waals surface area contributed by atoms with Gasteiger partial charge in [0.2, 0.25) is 5.91 Å². The van der Waals surface area contributed by atoms with Crippen LogP contribution in [0.3, 0.4) is 0 Å². The number of nitrogens with zero attached hydrogens (tertiary/aromatic N) is 2. The minimum absolute atomic E-state index is 0.00241. The molecule has 0 spiro atoms. The van der Waals surface area contributed by atoms with E-state index in [0.717, 1.165) is 52.3 Å². The normalized spacial score (nSPS) is 28.8. The van der Waals surface area contributed by atoms with Crippen LogP contribution in [0.2, 0.25) is 0 Å². The van der Waals surface area contributed by atoms with E-state index in [2.05, 4.69) is 10.2 Å². The van der Waals surface area contributed by atoms with Gasteiger partial charge in [-0.25, -0.2) is 0 Å². The molecule has 5 nitrogen and oxygen atoms in total. The number of hydrogen-bond acceptors (Lipinski definition) is 4. The van der Waals surface area contributed by atoms with E-state index in [1.54, 1.807) is 0 Å². The largest absolute Gasteiger partial charge is 0.377 e. The predicted molar refractivity (Wildman–Crippen MR) is 70.5 cm³/mol. The highest BCUT2D eigenvalue weighted by Gasteiger charge is 2.28. The topological polar surface area (TPSA) is 44.8 Å². The van der Waals surface area contributed by atoms with Crippen molar-refractivity contribution in [2.24, 2.45) is 0 Å². The van der Waals surface area contributed by atoms with Crippen molar-refractivity contribution in [1.29, 1.82) is 0 Å². The van der Waals surface area contributed by atoms with Crippen molar-refractivity contribution < 1.29 is 9.53 Å². The lowest BCUT2D eigenvalue weighted by Crippen LogP contribution is -2.54. The highest BCUT2D eigenvalue weighted by molar-refractivity contribution is 5.81. The lowest BCUT2D eigenvalue weighted by Gasteiger charge is -2.35. The summed E-state index contributed by atoms with van der Waals surface area (Å²) in [6.45, 7) is 10.3. The van der Waals surface area contributed by atoms with Crippen LogP contribution in [-0.2, 0) is 9.53 Å². The van der Waals surface area contributed by atoms with E-state index in [1.807, 2.05) is 18.7 Å². The van der Waals surface area contributed by atoms with Gasteiger partial charge in [0.15, 0.2) is 0 Å². The quantitative estimate of drug-likeness (QED) is 0.749. The Kier molecular flexibility index (Phi) is 4.97. The first-order chi connectivity index (χ1) is 8.68. The number of carbonyl (C=O) groups is 1. The second kappa shape index (κ2) is 6.50. The van der Waals surface area contributed by atoms with Crippen molar-refractivity contribution >= 4 is 5.91 Å². The number of rotatable bonds is 2. The van der Waals surface area contributed by atoms with Gasteiger partial charge in [0, 0.05) is 45.9 Å². The van der Waals surface area contributed by atoms with E-state index in [9.17, 15) is 4.79 Å². The monoisotopic (exact) mass is 255 g/mol. The fourth-order valence-corrected chi connectivity index (χ4v) is 2.68. The average molecular weight is 255 g/mol. The summed E-state index contributed by atoms with van der Waals surface area (Å²) < 4.78 is 5.59. The van der Waals surface area contributed by atoms with Gasteiger partial charge in [-0.05, 0) is 20.3 Å². The smallest absolute Gasteiger partial charge is 0.239 e. The van der Waals surface area contributed by atoms with Crippen molar-refractivity contribution in [3.05, 3.63) is 0 Å². The standard InChI is InChI=1S/C13H25N3O2/c1-11-10-16(6-3-9-18-11)13(17)12(2)15-7-4-14-5-8-15/h11-12,14H,3-10H2,1-2H3. The first kappa shape index (κ1) is 13.8. The first-order valence-electron chi connectivity index (χ1n) is 7.03. The zero-order chi connectivity index (χ0) is 13.0. The maximum Gasteiger partial charge on any atom is 0.239 e. The molecule has 2 fully saturated rings. The summed E-state index contributed by atoms with van der Waals surface area (Å²) in [6, 6.07) is -0.00241. The molecule has 104 valence electrons. The number of piperazine rings is 1. The van der Waals surface area contributed by atoms with Gasteiger partial charge in [0.25, 0.3) is 0 Å². The molecular weight excluding hydrogens is 230 g/mol. The summed E-state index contributed by atoms with van der Waals surface area (Å²) in [4.78, 5) is 16.8. The molecule has 0 aliphatic carbocycles. The molecule has 0 radical (unpaired) electrons. The zero-order valence-corrected chi connectivity index (χ0v) is 11.5. The van der Waals surface area contributed by atoms with E-state index in [-0.39, 0.29) is 18.1 Å². The van der Waals surface area contributed by atoms with Crippen LogP contribution in [0, 0.1) is 0 Å². The third-order valence-corrected chi connectivity index (χ3v) is 3.82. The van der Waals surface area contributed by atoms with Crippen LogP contribution in [0.1, 0.15) is 20.3 Å². The minimum atomic E-state index is -0.00241. The molecule has 2 saturated heterocycles. The van der Waals surface area contributed by atoms with Gasteiger partial charge in [-0.1, -0.05) is 0 Å². The van der Waals surface area contributed by atoms with Crippen LogP contribution in [0.4, 0.5) is 0 Å². The van der Waals surface area contributed by atoms with Gasteiger partial charge >= 0.3 is 0 Å². The maximum atomic E-state index is 12.5. The highest BCUT2D eigenvalue weighted by atomic mass is 16.5. The van der Waals surface area contributed by atoms with Crippen molar-refractivity contribution in [3.8, 4) is 0 Å². The molecule has 0 aromatic rings. The Morgan fingerprint density at radius 3 is 2.78 bits per heavy atom. The fraction of sp³-hybridized carbons (Fsp3) is 0.923. The van der Waals surface area contributed by atoms with Gasteiger partial charge < -0.3 is 15.0 Å². The number of nitrogens with one attached hydrogen (secondary N) is 1. The lowest BCUT2D eigenvalue weighted by atomic mass is 10.2. The van der Waals surface area contributed by atoms with E-state index >= 15 is 0 Å². The van der Waals surface area contributed by atoms with Crippen molar-refractivity contribution in [2.45, 2.75) is 32.4 Å². The summed E-state index contributed by atoms with van der Waals surface area (Å²) in [6.07, 6.45) is 1.11. The molecule has 0 saturated carbocycles. The van der Waals surface area contributed by atoms with Crippen molar-refractivity contribution in [3.63, 3.8) is 0 Å². The van der Waals surface area contributed by atoms with Gasteiger partial charge in [0.05, 0.1) is 12.1 Å². The van der Waals surface area contributed by atoms with E-state index < -0.39 is 0 Å². The summed E-state index contributed by atoms with van der Waals surface area (Å²) in [7, 11) is 0. The lowest BCUT2D eigenvalue weighted by molar-refractivity contribution is -0.137. The number of carbonyl (C=O) groups excluding carboxylic acids is 1. The van der Waals surface area contributed by atoms with Crippen LogP contribution >= 0.6 is 0 Å². The number of hydrogen-bond donors (Lipinski definition) is 1. The number of ether oxygens (including phenoxy) is 1. The Morgan fingerprint density at radius 1 is 1.33 bits per heavy atom. The molecule has 2 rings (SSSR count). The summed E-state index contributed by atoms with van der Waals surface area (Å²) in [5.41, 5.74) is 0. The Morgan fingerprint density at radius 2 is 2.06 bits per heavy atom. The summed E-state index contributed by atoms with van der Waals surface area (Å²) >= 11 is 0. The van der Waals surface area contributed by atoms with Crippen LogP contribution in [-0.4, -0.2) is 73.7 Å². The molecule has 0 bridgehead atoms. The molecule has 2 aliphatic rings. The third-order valence-electron chi connectivity index (χ3n) is 3.82. The van der Waals surface area contributed by atoms with Gasteiger partial charge in [0.1, 0.15) is 0 Å². The third kappa shape index (κ3) is 3.43. The van der Waals surface area contributed by atoms with Crippen molar-refractivity contribution in [1.82, 2.24) is 15.1 Å². The summed E-state index contributed by atoms with van der Waals surface area (Å²) in [5.74, 6) is 0.259. The van der Waals surface area contributed by atoms with Gasteiger partial charge in [-0.3, -0.25) is 9.69 Å². The highest BCUT2D eigenvalue weighted by Crippen LogP contribution is 2.10. The second-order valence-electron chi connectivity index (χ2n) is 5.28. The molecule has 2 heterocycles. The van der Waals surface area contributed by atoms with Gasteiger partial charge in [-0.15, -0.1) is 0 Å². The SMILES string of the molecule is CC1CN(C(=O)C(C)N2CCNCC2)CCCO1. The molecule has 0 aromatic carbocycles. The maximum absolute atomic E-state index is 12.5. The van der Waals surface area contributed by atoms with E-state index in [1.165, 1.54) is 0 Å². The Balaban J connectivity index is 1.91. The van der Waals surface area contributed by atoms with Crippen LogP contribution in [0.15, 0.2) is 0 Å². The molecule has 1 N–H and O–H groups in total. The van der Waals surface area contributed by atoms with Crippen LogP contribution in [0.25, 0.3) is 0 Å². The molecule has 2 unspecified atom stereocenters. The predicted octanol–water partition coefficient (Wildman–Crippen LogP) is -0.0825. The average Bonchev–Trinajstić information content (AvgIpc) is 2.63. The van der Waals surface area contributed by atoms with Crippen LogP contribution in [0.5, 0.6) is 0 Å². The summed E-state index contributed by atoms with van der Waals surface area (Å²) in [5, 5.41) is 3.32. The molecule has 1 amide bonds. The zero-order valence-electron chi connectivity index (χ0n) is 11.5. The van der Waals surface area contributed by atoms with E-state index in [0.29, 0.717) is 0 Å².